The van der Waals surface area contributed by atoms with E-state index in [-0.39, 0.29) is 5.28 Å². The summed E-state index contributed by atoms with van der Waals surface area (Å²) in [5.74, 6) is 0.716. The molecule has 2 rings (SSSR count). The molecule has 78 valence electrons. The van der Waals surface area contributed by atoms with Gasteiger partial charge in [-0.2, -0.15) is 5.10 Å². The smallest absolute Gasteiger partial charge is 0.224 e. The molecule has 0 spiro atoms. The summed E-state index contributed by atoms with van der Waals surface area (Å²) in [6.07, 6.45) is 3.57. The highest BCUT2D eigenvalue weighted by molar-refractivity contribution is 6.28. The Morgan fingerprint density at radius 2 is 2.33 bits per heavy atom. The summed E-state index contributed by atoms with van der Waals surface area (Å²) in [6, 6.07) is 1.84. The lowest BCUT2D eigenvalue weighted by molar-refractivity contribution is 1.06. The number of nitrogens with one attached hydrogen (secondary N) is 2. The van der Waals surface area contributed by atoms with E-state index in [1.807, 2.05) is 19.2 Å². The van der Waals surface area contributed by atoms with Crippen LogP contribution in [-0.4, -0.2) is 20.2 Å². The predicted molar refractivity (Wildman–Crippen MR) is 57.7 cm³/mol. The minimum Gasteiger partial charge on any atom is -0.366 e. The van der Waals surface area contributed by atoms with Gasteiger partial charge in [0.05, 0.1) is 6.20 Å². The average molecular weight is 224 g/mol. The Kier molecular flexibility index (Phi) is 2.82. The summed E-state index contributed by atoms with van der Waals surface area (Å²) in [6.45, 7) is 2.53. The number of hydrogen-bond donors (Lipinski definition) is 2. The fourth-order valence-electron chi connectivity index (χ4n) is 1.19. The van der Waals surface area contributed by atoms with E-state index >= 15 is 0 Å². The minimum atomic E-state index is 0.254. The molecule has 6 heteroatoms. The molecule has 2 aromatic rings. The summed E-state index contributed by atoms with van der Waals surface area (Å²) in [7, 11) is 0. The van der Waals surface area contributed by atoms with Crippen LogP contribution in [0.25, 0.3) is 0 Å². The first kappa shape index (κ1) is 9.92. The summed E-state index contributed by atoms with van der Waals surface area (Å²) in [4.78, 5) is 8.02. The zero-order valence-electron chi connectivity index (χ0n) is 8.16. The number of H-pyrrole nitrogens is 1. The van der Waals surface area contributed by atoms with E-state index < -0.39 is 0 Å². The Morgan fingerprint density at radius 3 is 3.00 bits per heavy atom. The lowest BCUT2D eigenvalue weighted by atomic mass is 10.3. The van der Waals surface area contributed by atoms with Crippen molar-refractivity contribution in [3.63, 3.8) is 0 Å². The SMILES string of the molecule is Cc1cc(NCc2cn[nH]c2)nc(Cl)n1. The monoisotopic (exact) mass is 223 g/mol. The molecule has 2 N–H and O–H groups in total. The summed E-state index contributed by atoms with van der Waals surface area (Å²) < 4.78 is 0. The van der Waals surface area contributed by atoms with E-state index in [1.165, 1.54) is 0 Å². The zero-order chi connectivity index (χ0) is 10.7. The lowest BCUT2D eigenvalue weighted by Crippen LogP contribution is -2.02. The lowest BCUT2D eigenvalue weighted by Gasteiger charge is -2.04. The molecule has 0 bridgehead atoms. The second-order valence-electron chi connectivity index (χ2n) is 3.12. The van der Waals surface area contributed by atoms with Crippen LogP contribution in [0.5, 0.6) is 0 Å². The molecule has 15 heavy (non-hydrogen) atoms. The van der Waals surface area contributed by atoms with Crippen LogP contribution in [0.2, 0.25) is 5.28 Å². The van der Waals surface area contributed by atoms with E-state index in [9.17, 15) is 0 Å². The molecule has 0 aliphatic heterocycles. The molecule has 0 saturated heterocycles. The van der Waals surface area contributed by atoms with E-state index in [0.717, 1.165) is 11.3 Å². The number of aromatic nitrogens is 4. The van der Waals surface area contributed by atoms with Crippen LogP contribution >= 0.6 is 11.6 Å². The van der Waals surface area contributed by atoms with Crippen molar-refractivity contribution in [2.75, 3.05) is 5.32 Å². The fourth-order valence-corrected chi connectivity index (χ4v) is 1.41. The molecule has 0 amide bonds. The highest BCUT2D eigenvalue weighted by Gasteiger charge is 2.00. The molecule has 0 saturated carbocycles. The van der Waals surface area contributed by atoms with Crippen LogP contribution in [0.1, 0.15) is 11.3 Å². The number of aromatic amines is 1. The van der Waals surface area contributed by atoms with Crippen molar-refractivity contribution in [3.8, 4) is 0 Å². The van der Waals surface area contributed by atoms with E-state index in [1.54, 1.807) is 6.20 Å². The zero-order valence-corrected chi connectivity index (χ0v) is 8.91. The van der Waals surface area contributed by atoms with E-state index in [0.29, 0.717) is 12.4 Å². The van der Waals surface area contributed by atoms with Crippen molar-refractivity contribution in [1.29, 1.82) is 0 Å². The largest absolute Gasteiger partial charge is 0.366 e. The number of aryl methyl sites for hydroxylation is 1. The highest BCUT2D eigenvalue weighted by Crippen LogP contribution is 2.10. The van der Waals surface area contributed by atoms with Crippen LogP contribution in [0.3, 0.4) is 0 Å². The van der Waals surface area contributed by atoms with Gasteiger partial charge in [0.25, 0.3) is 0 Å². The van der Waals surface area contributed by atoms with Crippen LogP contribution in [0.15, 0.2) is 18.5 Å². The van der Waals surface area contributed by atoms with Crippen molar-refractivity contribution in [2.45, 2.75) is 13.5 Å². The van der Waals surface area contributed by atoms with Crippen molar-refractivity contribution in [3.05, 3.63) is 35.0 Å². The van der Waals surface area contributed by atoms with E-state index in [4.69, 9.17) is 11.6 Å². The van der Waals surface area contributed by atoms with Gasteiger partial charge >= 0.3 is 0 Å². The topological polar surface area (TPSA) is 66.5 Å². The number of rotatable bonds is 3. The van der Waals surface area contributed by atoms with Crippen molar-refractivity contribution in [2.24, 2.45) is 0 Å². The molecule has 5 nitrogen and oxygen atoms in total. The van der Waals surface area contributed by atoms with Gasteiger partial charge in [-0.05, 0) is 18.5 Å². The van der Waals surface area contributed by atoms with Crippen LogP contribution < -0.4 is 5.32 Å². The average Bonchev–Trinajstić information content (AvgIpc) is 2.65. The molecule has 0 aromatic carbocycles. The highest BCUT2D eigenvalue weighted by atomic mass is 35.5. The van der Waals surface area contributed by atoms with Gasteiger partial charge in [0, 0.05) is 30.1 Å². The van der Waals surface area contributed by atoms with Crippen LogP contribution in [0, 0.1) is 6.92 Å². The Balaban J connectivity index is 2.05. The van der Waals surface area contributed by atoms with Gasteiger partial charge in [-0.3, -0.25) is 5.10 Å². The maximum absolute atomic E-state index is 5.73. The molecule has 0 fully saturated rings. The Morgan fingerprint density at radius 1 is 1.47 bits per heavy atom. The first-order chi connectivity index (χ1) is 7.24. The third-order valence-electron chi connectivity index (χ3n) is 1.86. The van der Waals surface area contributed by atoms with Crippen LogP contribution in [0.4, 0.5) is 5.82 Å². The fraction of sp³-hybridized carbons (Fsp3) is 0.222. The van der Waals surface area contributed by atoms with Gasteiger partial charge in [-0.15, -0.1) is 0 Å². The minimum absolute atomic E-state index is 0.254. The molecule has 0 radical (unpaired) electrons. The second-order valence-corrected chi connectivity index (χ2v) is 3.46. The second kappa shape index (κ2) is 4.27. The molecule has 0 atom stereocenters. The van der Waals surface area contributed by atoms with Gasteiger partial charge in [0.2, 0.25) is 5.28 Å². The first-order valence-electron chi connectivity index (χ1n) is 4.47. The Labute approximate surface area is 91.9 Å². The van der Waals surface area contributed by atoms with Gasteiger partial charge < -0.3 is 5.32 Å². The molecule has 0 unspecified atom stereocenters. The number of anilines is 1. The Bertz CT molecular complexity index is 420. The van der Waals surface area contributed by atoms with Crippen molar-refractivity contribution >= 4 is 17.4 Å². The number of halogens is 1. The van der Waals surface area contributed by atoms with E-state index in [2.05, 4.69) is 25.5 Å². The molecule has 0 aliphatic rings. The third kappa shape index (κ3) is 2.66. The number of hydrogen-bond acceptors (Lipinski definition) is 4. The first-order valence-corrected chi connectivity index (χ1v) is 4.84. The normalized spacial score (nSPS) is 10.3. The molecule has 0 aliphatic carbocycles. The van der Waals surface area contributed by atoms with Gasteiger partial charge in [0.15, 0.2) is 0 Å². The van der Waals surface area contributed by atoms with Crippen molar-refractivity contribution in [1.82, 2.24) is 20.2 Å². The van der Waals surface area contributed by atoms with Gasteiger partial charge in [-0.1, -0.05) is 0 Å². The maximum atomic E-state index is 5.73. The van der Waals surface area contributed by atoms with Crippen molar-refractivity contribution < 1.29 is 0 Å². The quantitative estimate of drug-likeness (QED) is 0.779. The molecule has 2 aromatic heterocycles. The van der Waals surface area contributed by atoms with Gasteiger partial charge in [0.1, 0.15) is 5.82 Å². The molecular weight excluding hydrogens is 214 g/mol. The van der Waals surface area contributed by atoms with Crippen LogP contribution in [-0.2, 0) is 6.54 Å². The summed E-state index contributed by atoms with van der Waals surface area (Å²) in [5, 5.41) is 9.97. The third-order valence-corrected chi connectivity index (χ3v) is 2.02. The molecule has 2 heterocycles. The predicted octanol–water partition coefficient (Wildman–Crippen LogP) is 1.77. The molecular formula is C9H10ClN5. The van der Waals surface area contributed by atoms with Gasteiger partial charge in [-0.25, -0.2) is 9.97 Å². The maximum Gasteiger partial charge on any atom is 0.224 e. The standard InChI is InChI=1S/C9H10ClN5/c1-6-2-8(15-9(10)14-6)11-3-7-4-12-13-5-7/h2,4-5H,3H2,1H3,(H,12,13)(H,11,14,15). The summed E-state index contributed by atoms with van der Waals surface area (Å²) in [5.41, 5.74) is 1.90. The summed E-state index contributed by atoms with van der Waals surface area (Å²) >= 11 is 5.73. The number of nitrogens with zero attached hydrogens (tertiary/aromatic N) is 3. The Hall–Kier alpha value is -1.62.